The zero-order chi connectivity index (χ0) is 12.7. The number of hydrogen-bond acceptors (Lipinski definition) is 2. The Labute approximate surface area is 100.0 Å². The number of carbonyl (C=O) groups excluding carboxylic acids is 1. The molecule has 0 heterocycles. The first-order chi connectivity index (χ1) is 8.15. The minimum Gasteiger partial charge on any atom is -0.495 e. The second-order valence-corrected chi connectivity index (χ2v) is 3.35. The topological polar surface area (TPSA) is 38.3 Å². The third kappa shape index (κ3) is 4.15. The molecular formula is C13H14FNO2. The number of nitrogens with one attached hydrogen (secondary N) is 1. The standard InChI is InChI=1S/C13H14FNO2/c1-10(16)15-9-4-3-6-11-12(14)7-5-8-13(11)17-2/h5,7-8H,4,9H2,1-2H3,(H,15,16). The Morgan fingerprint density at radius 3 is 2.94 bits per heavy atom. The second kappa shape index (κ2) is 6.54. The van der Waals surface area contributed by atoms with Crippen LogP contribution in [0.5, 0.6) is 5.75 Å². The van der Waals surface area contributed by atoms with Crippen molar-refractivity contribution in [1.82, 2.24) is 5.32 Å². The molecule has 0 aliphatic rings. The summed E-state index contributed by atoms with van der Waals surface area (Å²) < 4.78 is 18.4. The monoisotopic (exact) mass is 235 g/mol. The van der Waals surface area contributed by atoms with E-state index in [9.17, 15) is 9.18 Å². The lowest BCUT2D eigenvalue weighted by Gasteiger charge is -2.03. The lowest BCUT2D eigenvalue weighted by molar-refractivity contribution is -0.118. The van der Waals surface area contributed by atoms with Crippen molar-refractivity contribution in [1.29, 1.82) is 0 Å². The SMILES string of the molecule is COc1cccc(F)c1C#CCCNC(C)=O. The maximum atomic E-state index is 13.4. The fourth-order valence-corrected chi connectivity index (χ4v) is 1.25. The summed E-state index contributed by atoms with van der Waals surface area (Å²) in [5.74, 6) is 5.40. The van der Waals surface area contributed by atoms with E-state index in [1.165, 1.54) is 20.1 Å². The van der Waals surface area contributed by atoms with Crippen LogP contribution in [0.1, 0.15) is 18.9 Å². The van der Waals surface area contributed by atoms with Crippen LogP contribution >= 0.6 is 0 Å². The van der Waals surface area contributed by atoms with Crippen LogP contribution in [0.25, 0.3) is 0 Å². The number of rotatable bonds is 3. The van der Waals surface area contributed by atoms with Gasteiger partial charge in [-0.3, -0.25) is 4.79 Å². The summed E-state index contributed by atoms with van der Waals surface area (Å²) in [7, 11) is 1.47. The third-order valence-electron chi connectivity index (χ3n) is 2.03. The fraction of sp³-hybridized carbons (Fsp3) is 0.308. The zero-order valence-electron chi connectivity index (χ0n) is 9.84. The van der Waals surface area contributed by atoms with Gasteiger partial charge >= 0.3 is 0 Å². The van der Waals surface area contributed by atoms with Crippen LogP contribution < -0.4 is 10.1 Å². The van der Waals surface area contributed by atoms with Crippen LogP contribution in [-0.4, -0.2) is 19.6 Å². The molecule has 1 aromatic carbocycles. The minimum atomic E-state index is -0.406. The van der Waals surface area contributed by atoms with Crippen LogP contribution in [0.3, 0.4) is 0 Å². The molecule has 0 spiro atoms. The fourth-order valence-electron chi connectivity index (χ4n) is 1.25. The normalized spacial score (nSPS) is 9.12. The number of ether oxygens (including phenoxy) is 1. The van der Waals surface area contributed by atoms with Crippen molar-refractivity contribution in [3.05, 3.63) is 29.6 Å². The molecule has 0 atom stereocenters. The average Bonchev–Trinajstić information content (AvgIpc) is 2.30. The number of carbonyl (C=O) groups is 1. The number of hydrogen-bond donors (Lipinski definition) is 1. The smallest absolute Gasteiger partial charge is 0.216 e. The summed E-state index contributed by atoms with van der Waals surface area (Å²) in [6, 6.07) is 4.55. The molecule has 1 amide bonds. The Morgan fingerprint density at radius 2 is 2.29 bits per heavy atom. The highest BCUT2D eigenvalue weighted by molar-refractivity contribution is 5.72. The number of amides is 1. The maximum absolute atomic E-state index is 13.4. The number of methoxy groups -OCH3 is 1. The molecule has 0 saturated carbocycles. The van der Waals surface area contributed by atoms with E-state index < -0.39 is 5.82 Å². The summed E-state index contributed by atoms with van der Waals surface area (Å²) in [5.41, 5.74) is 0.248. The van der Waals surface area contributed by atoms with Crippen LogP contribution in [0.15, 0.2) is 18.2 Å². The molecule has 0 bridgehead atoms. The van der Waals surface area contributed by atoms with Crippen LogP contribution in [0, 0.1) is 17.7 Å². The quantitative estimate of drug-likeness (QED) is 0.640. The van der Waals surface area contributed by atoms with Gasteiger partial charge in [0.25, 0.3) is 0 Å². The molecule has 0 aliphatic carbocycles. The van der Waals surface area contributed by atoms with Crippen molar-refractivity contribution in [2.45, 2.75) is 13.3 Å². The van der Waals surface area contributed by atoms with Gasteiger partial charge in [-0.2, -0.15) is 0 Å². The van der Waals surface area contributed by atoms with Crippen molar-refractivity contribution < 1.29 is 13.9 Å². The first-order valence-electron chi connectivity index (χ1n) is 5.21. The van der Waals surface area contributed by atoms with Crippen LogP contribution in [0.2, 0.25) is 0 Å². The van der Waals surface area contributed by atoms with Crippen molar-refractivity contribution in [2.24, 2.45) is 0 Å². The number of halogens is 1. The molecule has 1 rings (SSSR count). The van der Waals surface area contributed by atoms with Gasteiger partial charge in [0.1, 0.15) is 17.1 Å². The molecule has 17 heavy (non-hydrogen) atoms. The van der Waals surface area contributed by atoms with Gasteiger partial charge in [0.2, 0.25) is 5.91 Å². The third-order valence-corrected chi connectivity index (χ3v) is 2.03. The van der Waals surface area contributed by atoms with E-state index in [1.807, 2.05) is 0 Å². The highest BCUT2D eigenvalue weighted by Crippen LogP contribution is 2.19. The van der Waals surface area contributed by atoms with Gasteiger partial charge in [-0.25, -0.2) is 4.39 Å². The van der Waals surface area contributed by atoms with Crippen molar-refractivity contribution in [3.63, 3.8) is 0 Å². The van der Waals surface area contributed by atoms with E-state index in [4.69, 9.17) is 4.74 Å². The summed E-state index contributed by atoms with van der Waals surface area (Å²) in [4.78, 5) is 10.6. The molecular weight excluding hydrogens is 221 g/mol. The molecule has 4 heteroatoms. The Bertz CT molecular complexity index is 460. The molecule has 0 aliphatic heterocycles. The Balaban J connectivity index is 2.68. The van der Waals surface area contributed by atoms with Gasteiger partial charge in [-0.15, -0.1) is 0 Å². The van der Waals surface area contributed by atoms with Gasteiger partial charge in [-0.05, 0) is 12.1 Å². The lowest BCUT2D eigenvalue weighted by atomic mass is 10.2. The van der Waals surface area contributed by atoms with Crippen LogP contribution in [-0.2, 0) is 4.79 Å². The summed E-state index contributed by atoms with van der Waals surface area (Å²) in [5, 5.41) is 2.61. The molecule has 0 saturated heterocycles. The van der Waals surface area contributed by atoms with Crippen molar-refractivity contribution in [3.8, 4) is 17.6 Å². The van der Waals surface area contributed by atoms with Crippen molar-refractivity contribution in [2.75, 3.05) is 13.7 Å². The summed E-state index contributed by atoms with van der Waals surface area (Å²) >= 11 is 0. The summed E-state index contributed by atoms with van der Waals surface area (Å²) in [6.07, 6.45) is 0.469. The first kappa shape index (κ1) is 13.0. The van der Waals surface area contributed by atoms with E-state index >= 15 is 0 Å². The summed E-state index contributed by atoms with van der Waals surface area (Å²) in [6.45, 7) is 1.90. The molecule has 0 fully saturated rings. The molecule has 3 nitrogen and oxygen atoms in total. The Kier molecular flexibility index (Phi) is 5.02. The average molecular weight is 235 g/mol. The second-order valence-electron chi connectivity index (χ2n) is 3.35. The van der Waals surface area contributed by atoms with Gasteiger partial charge < -0.3 is 10.1 Å². The van der Waals surface area contributed by atoms with E-state index in [0.717, 1.165) is 0 Å². The Hall–Kier alpha value is -2.02. The predicted molar refractivity (Wildman–Crippen MR) is 63.1 cm³/mol. The van der Waals surface area contributed by atoms with Gasteiger partial charge in [0.15, 0.2) is 0 Å². The predicted octanol–water partition coefficient (Wildman–Crippen LogP) is 1.71. The lowest BCUT2D eigenvalue weighted by Crippen LogP contribution is -2.20. The van der Waals surface area contributed by atoms with E-state index in [2.05, 4.69) is 17.2 Å². The van der Waals surface area contributed by atoms with Gasteiger partial charge in [-0.1, -0.05) is 17.9 Å². The largest absolute Gasteiger partial charge is 0.495 e. The van der Waals surface area contributed by atoms with Crippen molar-refractivity contribution >= 4 is 5.91 Å². The molecule has 0 radical (unpaired) electrons. The molecule has 1 N–H and O–H groups in total. The molecule has 1 aromatic rings. The molecule has 0 aromatic heterocycles. The first-order valence-corrected chi connectivity index (χ1v) is 5.21. The number of benzene rings is 1. The van der Waals surface area contributed by atoms with Gasteiger partial charge in [0.05, 0.1) is 7.11 Å². The zero-order valence-corrected chi connectivity index (χ0v) is 9.84. The Morgan fingerprint density at radius 1 is 1.53 bits per heavy atom. The molecule has 0 unspecified atom stereocenters. The maximum Gasteiger partial charge on any atom is 0.216 e. The van der Waals surface area contributed by atoms with E-state index in [1.54, 1.807) is 12.1 Å². The van der Waals surface area contributed by atoms with E-state index in [-0.39, 0.29) is 11.5 Å². The molecule has 90 valence electrons. The highest BCUT2D eigenvalue weighted by Gasteiger charge is 2.04. The minimum absolute atomic E-state index is 0.102. The highest BCUT2D eigenvalue weighted by atomic mass is 19.1. The van der Waals surface area contributed by atoms with Crippen LogP contribution in [0.4, 0.5) is 4.39 Å². The van der Waals surface area contributed by atoms with Gasteiger partial charge in [0, 0.05) is 19.9 Å². The van der Waals surface area contributed by atoms with E-state index in [0.29, 0.717) is 18.7 Å².